The van der Waals surface area contributed by atoms with Gasteiger partial charge in [0.1, 0.15) is 10.7 Å². The molecular formula is C11H10ClNO2. The van der Waals surface area contributed by atoms with Gasteiger partial charge in [0.05, 0.1) is 5.39 Å². The molecule has 4 heteroatoms. The first-order chi connectivity index (χ1) is 7.09. The summed E-state index contributed by atoms with van der Waals surface area (Å²) >= 11 is 5.87. The lowest BCUT2D eigenvalue weighted by molar-refractivity contribution is 0.0913. The molecule has 0 atom stereocenters. The summed E-state index contributed by atoms with van der Waals surface area (Å²) in [6.07, 6.45) is 1.55. The van der Waals surface area contributed by atoms with Crippen molar-refractivity contribution in [2.24, 2.45) is 5.92 Å². The van der Waals surface area contributed by atoms with Crippen molar-refractivity contribution >= 4 is 28.4 Å². The molecule has 0 saturated heterocycles. The monoisotopic (exact) mass is 223 g/mol. The van der Waals surface area contributed by atoms with E-state index in [4.69, 9.17) is 16.0 Å². The van der Waals surface area contributed by atoms with Crippen LogP contribution in [-0.4, -0.2) is 10.8 Å². The molecule has 0 aliphatic heterocycles. The highest BCUT2D eigenvalue weighted by atomic mass is 35.5. The Kier molecular flexibility index (Phi) is 2.49. The molecule has 0 unspecified atom stereocenters. The summed E-state index contributed by atoms with van der Waals surface area (Å²) in [6.45, 7) is 3.66. The lowest BCUT2D eigenvalue weighted by Crippen LogP contribution is -2.05. The fourth-order valence-electron chi connectivity index (χ4n) is 1.34. The van der Waals surface area contributed by atoms with E-state index in [1.165, 1.54) is 0 Å². The maximum absolute atomic E-state index is 11.7. The molecule has 0 amide bonds. The summed E-state index contributed by atoms with van der Waals surface area (Å²) in [4.78, 5) is 15.6. The highest BCUT2D eigenvalue weighted by Gasteiger charge is 2.16. The van der Waals surface area contributed by atoms with Gasteiger partial charge in [-0.2, -0.15) is 0 Å². The van der Waals surface area contributed by atoms with E-state index in [0.29, 0.717) is 21.9 Å². The van der Waals surface area contributed by atoms with Crippen LogP contribution in [0, 0.1) is 5.92 Å². The van der Waals surface area contributed by atoms with Crippen LogP contribution < -0.4 is 0 Å². The molecule has 0 aliphatic carbocycles. The van der Waals surface area contributed by atoms with Crippen molar-refractivity contribution < 1.29 is 9.21 Å². The number of carbonyl (C=O) groups is 1. The van der Waals surface area contributed by atoms with Gasteiger partial charge in [0, 0.05) is 12.1 Å². The Labute approximate surface area is 92.1 Å². The van der Waals surface area contributed by atoms with Crippen molar-refractivity contribution in [1.82, 2.24) is 4.98 Å². The van der Waals surface area contributed by atoms with Gasteiger partial charge in [0.25, 0.3) is 0 Å². The molecular weight excluding hydrogens is 214 g/mol. The molecule has 2 rings (SSSR count). The van der Waals surface area contributed by atoms with Gasteiger partial charge in [0.15, 0.2) is 5.76 Å². The summed E-state index contributed by atoms with van der Waals surface area (Å²) in [5, 5.41) is 1.04. The minimum Gasteiger partial charge on any atom is -0.453 e. The molecule has 0 N–H and O–H groups in total. The molecule has 2 heterocycles. The third kappa shape index (κ3) is 1.75. The number of rotatable bonds is 2. The van der Waals surface area contributed by atoms with Crippen molar-refractivity contribution in [1.29, 1.82) is 0 Å². The summed E-state index contributed by atoms with van der Waals surface area (Å²) in [5.41, 5.74) is 0.596. The Morgan fingerprint density at radius 1 is 1.53 bits per heavy atom. The van der Waals surface area contributed by atoms with E-state index in [1.54, 1.807) is 18.3 Å². The molecule has 0 radical (unpaired) electrons. The topological polar surface area (TPSA) is 43.1 Å². The van der Waals surface area contributed by atoms with Gasteiger partial charge < -0.3 is 4.42 Å². The minimum atomic E-state index is -0.0858. The van der Waals surface area contributed by atoms with Crippen LogP contribution in [0.4, 0.5) is 0 Å². The average molecular weight is 224 g/mol. The molecule has 2 aromatic rings. The van der Waals surface area contributed by atoms with E-state index in [1.807, 2.05) is 13.8 Å². The lowest BCUT2D eigenvalue weighted by atomic mass is 10.1. The summed E-state index contributed by atoms with van der Waals surface area (Å²) in [6, 6.07) is 3.34. The standard InChI is InChI=1S/C11H10ClNO2/c1-6(2)10(14)9-5-7-8(15-9)3-4-13-11(7)12/h3-6H,1-2H3. The SMILES string of the molecule is CC(C)C(=O)c1cc2c(Cl)nccc2o1. The van der Waals surface area contributed by atoms with E-state index >= 15 is 0 Å². The Hall–Kier alpha value is -1.35. The molecule has 15 heavy (non-hydrogen) atoms. The van der Waals surface area contributed by atoms with E-state index in [-0.39, 0.29) is 11.7 Å². The van der Waals surface area contributed by atoms with Crippen LogP contribution in [0.15, 0.2) is 22.7 Å². The number of pyridine rings is 1. The van der Waals surface area contributed by atoms with E-state index < -0.39 is 0 Å². The summed E-state index contributed by atoms with van der Waals surface area (Å²) < 4.78 is 5.40. The van der Waals surface area contributed by atoms with Gasteiger partial charge in [-0.3, -0.25) is 4.79 Å². The third-order valence-electron chi connectivity index (χ3n) is 2.16. The number of halogens is 1. The quantitative estimate of drug-likeness (QED) is 0.579. The van der Waals surface area contributed by atoms with Crippen LogP contribution in [0.5, 0.6) is 0 Å². The number of nitrogens with zero attached hydrogens (tertiary/aromatic N) is 1. The Morgan fingerprint density at radius 2 is 2.27 bits per heavy atom. The maximum Gasteiger partial charge on any atom is 0.200 e. The summed E-state index contributed by atoms with van der Waals surface area (Å²) in [7, 11) is 0. The van der Waals surface area contributed by atoms with Crippen molar-refractivity contribution in [3.63, 3.8) is 0 Å². The fourth-order valence-corrected chi connectivity index (χ4v) is 1.54. The predicted molar refractivity (Wildman–Crippen MR) is 58.2 cm³/mol. The second kappa shape index (κ2) is 3.66. The van der Waals surface area contributed by atoms with Crippen molar-refractivity contribution in [2.45, 2.75) is 13.8 Å². The zero-order chi connectivity index (χ0) is 11.0. The molecule has 0 spiro atoms. The van der Waals surface area contributed by atoms with Gasteiger partial charge in [-0.05, 0) is 12.1 Å². The molecule has 78 valence electrons. The normalized spacial score (nSPS) is 11.2. The van der Waals surface area contributed by atoms with Crippen molar-refractivity contribution in [3.05, 3.63) is 29.2 Å². The second-order valence-electron chi connectivity index (χ2n) is 3.64. The zero-order valence-electron chi connectivity index (χ0n) is 8.45. The van der Waals surface area contributed by atoms with Crippen LogP contribution in [-0.2, 0) is 0 Å². The van der Waals surface area contributed by atoms with Gasteiger partial charge in [-0.15, -0.1) is 0 Å². The average Bonchev–Trinajstić information content (AvgIpc) is 2.61. The number of carbonyl (C=O) groups excluding carboxylic acids is 1. The molecule has 3 nitrogen and oxygen atoms in total. The molecule has 0 fully saturated rings. The largest absolute Gasteiger partial charge is 0.453 e. The molecule has 0 bridgehead atoms. The first-order valence-electron chi connectivity index (χ1n) is 4.68. The number of ketones is 1. The Balaban J connectivity index is 2.57. The Bertz CT molecular complexity index is 516. The highest BCUT2D eigenvalue weighted by Crippen LogP contribution is 2.25. The van der Waals surface area contributed by atoms with Crippen LogP contribution in [0.1, 0.15) is 24.4 Å². The van der Waals surface area contributed by atoms with Crippen molar-refractivity contribution in [2.75, 3.05) is 0 Å². The van der Waals surface area contributed by atoms with E-state index in [0.717, 1.165) is 0 Å². The van der Waals surface area contributed by atoms with Crippen LogP contribution in [0.3, 0.4) is 0 Å². The smallest absolute Gasteiger partial charge is 0.200 e. The molecule has 0 aliphatic rings. The first kappa shape index (κ1) is 10.2. The van der Waals surface area contributed by atoms with E-state index in [2.05, 4.69) is 4.98 Å². The number of furan rings is 1. The van der Waals surface area contributed by atoms with Gasteiger partial charge in [-0.25, -0.2) is 4.98 Å². The second-order valence-corrected chi connectivity index (χ2v) is 4.00. The number of hydrogen-bond donors (Lipinski definition) is 0. The van der Waals surface area contributed by atoms with Gasteiger partial charge in [-0.1, -0.05) is 25.4 Å². The highest BCUT2D eigenvalue weighted by molar-refractivity contribution is 6.34. The predicted octanol–water partition coefficient (Wildman–Crippen LogP) is 3.32. The van der Waals surface area contributed by atoms with Crippen LogP contribution in [0.25, 0.3) is 11.0 Å². The molecule has 2 aromatic heterocycles. The number of fused-ring (bicyclic) bond motifs is 1. The molecule has 0 aromatic carbocycles. The first-order valence-corrected chi connectivity index (χ1v) is 5.05. The maximum atomic E-state index is 11.7. The molecule has 0 saturated carbocycles. The number of Topliss-reactive ketones (excluding diaryl/α,β-unsaturated/α-hetero) is 1. The summed E-state index contributed by atoms with van der Waals surface area (Å²) in [5.74, 6) is 0.231. The Morgan fingerprint density at radius 3 is 2.87 bits per heavy atom. The van der Waals surface area contributed by atoms with Gasteiger partial charge in [0.2, 0.25) is 5.78 Å². The van der Waals surface area contributed by atoms with Crippen LogP contribution in [0.2, 0.25) is 5.15 Å². The minimum absolute atomic E-state index is 0.0257. The number of hydrogen-bond acceptors (Lipinski definition) is 3. The third-order valence-corrected chi connectivity index (χ3v) is 2.47. The van der Waals surface area contributed by atoms with E-state index in [9.17, 15) is 4.79 Å². The lowest BCUT2D eigenvalue weighted by Gasteiger charge is -1.97. The van der Waals surface area contributed by atoms with Crippen molar-refractivity contribution in [3.8, 4) is 0 Å². The van der Waals surface area contributed by atoms with Crippen LogP contribution >= 0.6 is 11.6 Å². The zero-order valence-corrected chi connectivity index (χ0v) is 9.21. The van der Waals surface area contributed by atoms with Gasteiger partial charge >= 0.3 is 0 Å². The number of aromatic nitrogens is 1. The fraction of sp³-hybridized carbons (Fsp3) is 0.273.